The molecule has 0 aliphatic carbocycles. The van der Waals surface area contributed by atoms with Crippen LogP contribution in [-0.4, -0.2) is 23.0 Å². The maximum Gasteiger partial charge on any atom is 0.336 e. The average Bonchev–Trinajstić information content (AvgIpc) is 3.06. The number of carboxylic acids is 1. The summed E-state index contributed by atoms with van der Waals surface area (Å²) in [7, 11) is 0. The molecule has 0 fully saturated rings. The fourth-order valence-electron chi connectivity index (χ4n) is 2.01. The van der Waals surface area contributed by atoms with E-state index in [-0.39, 0.29) is 12.4 Å². The number of benzene rings is 1. The summed E-state index contributed by atoms with van der Waals surface area (Å²) in [6.07, 6.45) is -1.08. The first kappa shape index (κ1) is 13.2. The number of aliphatic hydroxyl groups is 1. The first-order valence-corrected chi connectivity index (χ1v) is 6.91. The lowest BCUT2D eigenvalue weighted by Crippen LogP contribution is -2.04. The van der Waals surface area contributed by atoms with Gasteiger partial charge in [0.2, 0.25) is 6.79 Å². The van der Waals surface area contributed by atoms with E-state index in [1.165, 1.54) is 17.4 Å². The van der Waals surface area contributed by atoms with Crippen molar-refractivity contribution in [2.24, 2.45) is 0 Å². The summed E-state index contributed by atoms with van der Waals surface area (Å²) >= 11 is 7.23. The van der Waals surface area contributed by atoms with Crippen molar-refractivity contribution in [1.82, 2.24) is 0 Å². The van der Waals surface area contributed by atoms with Crippen LogP contribution in [0.2, 0.25) is 5.02 Å². The zero-order chi connectivity index (χ0) is 14.3. The summed E-state index contributed by atoms with van der Waals surface area (Å²) in [5, 5.41) is 21.4. The Morgan fingerprint density at radius 3 is 2.95 bits per heavy atom. The summed E-state index contributed by atoms with van der Waals surface area (Å²) in [5.41, 5.74) is 0.542. The number of carboxylic acid groups (broad SMARTS) is 1. The van der Waals surface area contributed by atoms with E-state index in [9.17, 15) is 9.90 Å². The zero-order valence-corrected chi connectivity index (χ0v) is 11.6. The van der Waals surface area contributed by atoms with Crippen LogP contribution in [0.4, 0.5) is 0 Å². The van der Waals surface area contributed by atoms with Crippen molar-refractivity contribution in [1.29, 1.82) is 0 Å². The van der Waals surface area contributed by atoms with Crippen LogP contribution in [0.15, 0.2) is 23.6 Å². The Kier molecular flexibility index (Phi) is 3.29. The standard InChI is InChI=1S/C13H9ClO5S/c14-8-3-6(4-9-11(8)19-5-18-9)10(15)12-7(13(16)17)1-2-20-12/h1-4,10,15H,5H2,(H,16,17). The quantitative estimate of drug-likeness (QED) is 0.911. The highest BCUT2D eigenvalue weighted by atomic mass is 35.5. The third-order valence-corrected chi connectivity index (χ3v) is 4.19. The largest absolute Gasteiger partial charge is 0.478 e. The van der Waals surface area contributed by atoms with Crippen molar-refractivity contribution >= 4 is 28.9 Å². The van der Waals surface area contributed by atoms with Gasteiger partial charge in [-0.25, -0.2) is 4.79 Å². The molecule has 0 radical (unpaired) electrons. The highest BCUT2D eigenvalue weighted by molar-refractivity contribution is 7.10. The number of fused-ring (bicyclic) bond motifs is 1. The molecule has 2 aromatic rings. The first-order valence-electron chi connectivity index (χ1n) is 5.65. The molecule has 20 heavy (non-hydrogen) atoms. The van der Waals surface area contributed by atoms with Gasteiger partial charge in [-0.15, -0.1) is 11.3 Å². The van der Waals surface area contributed by atoms with E-state index in [0.29, 0.717) is 27.0 Å². The molecule has 3 rings (SSSR count). The molecule has 1 aromatic carbocycles. The second-order valence-corrected chi connectivity index (χ2v) is 5.50. The molecule has 104 valence electrons. The van der Waals surface area contributed by atoms with Gasteiger partial charge in [0.1, 0.15) is 6.10 Å². The van der Waals surface area contributed by atoms with Gasteiger partial charge in [-0.2, -0.15) is 0 Å². The van der Waals surface area contributed by atoms with Gasteiger partial charge in [0.15, 0.2) is 11.5 Å². The predicted octanol–water partition coefficient (Wildman–Crippen LogP) is 2.91. The molecule has 0 spiro atoms. The topological polar surface area (TPSA) is 76.0 Å². The van der Waals surface area contributed by atoms with Crippen molar-refractivity contribution in [3.63, 3.8) is 0 Å². The van der Waals surface area contributed by atoms with E-state index < -0.39 is 12.1 Å². The van der Waals surface area contributed by atoms with Crippen LogP contribution >= 0.6 is 22.9 Å². The maximum absolute atomic E-state index is 11.1. The minimum Gasteiger partial charge on any atom is -0.478 e. The number of rotatable bonds is 3. The van der Waals surface area contributed by atoms with Crippen molar-refractivity contribution in [2.45, 2.75) is 6.10 Å². The van der Waals surface area contributed by atoms with Gasteiger partial charge in [-0.1, -0.05) is 11.6 Å². The molecule has 1 aliphatic heterocycles. The zero-order valence-electron chi connectivity index (χ0n) is 10.00. The van der Waals surface area contributed by atoms with Gasteiger partial charge in [0.05, 0.1) is 15.5 Å². The number of carbonyl (C=O) groups is 1. The summed E-state index contributed by atoms with van der Waals surface area (Å²) in [5.74, 6) is -0.195. The Morgan fingerprint density at radius 1 is 1.40 bits per heavy atom. The van der Waals surface area contributed by atoms with Crippen LogP contribution in [0.1, 0.15) is 26.9 Å². The summed E-state index contributed by atoms with van der Waals surface area (Å²) in [6.45, 7) is 0.0774. The smallest absolute Gasteiger partial charge is 0.336 e. The molecule has 1 aliphatic rings. The Labute approximate surface area is 122 Å². The van der Waals surface area contributed by atoms with Crippen LogP contribution in [0.25, 0.3) is 0 Å². The molecule has 2 N–H and O–H groups in total. The van der Waals surface area contributed by atoms with Gasteiger partial charge < -0.3 is 19.7 Å². The van der Waals surface area contributed by atoms with Gasteiger partial charge in [0, 0.05) is 0 Å². The number of aliphatic hydroxyl groups excluding tert-OH is 1. The fourth-order valence-corrected chi connectivity index (χ4v) is 3.18. The third-order valence-electron chi connectivity index (χ3n) is 2.94. The van der Waals surface area contributed by atoms with Crippen molar-refractivity contribution in [2.75, 3.05) is 6.79 Å². The lowest BCUT2D eigenvalue weighted by Gasteiger charge is -2.12. The molecule has 0 bridgehead atoms. The number of hydrogen-bond donors (Lipinski definition) is 2. The van der Waals surface area contributed by atoms with E-state index in [2.05, 4.69) is 0 Å². The maximum atomic E-state index is 11.1. The lowest BCUT2D eigenvalue weighted by molar-refractivity contribution is 0.0692. The van der Waals surface area contributed by atoms with Gasteiger partial charge >= 0.3 is 5.97 Å². The van der Waals surface area contributed by atoms with Crippen LogP contribution in [0.3, 0.4) is 0 Å². The Bertz CT molecular complexity index is 681. The molecular formula is C13H9ClO5S. The number of halogens is 1. The number of aromatic carboxylic acids is 1. The summed E-state index contributed by atoms with van der Waals surface area (Å²) in [6, 6.07) is 4.61. The molecule has 1 unspecified atom stereocenters. The van der Waals surface area contributed by atoms with E-state index in [1.807, 2.05) is 0 Å². The average molecular weight is 313 g/mol. The predicted molar refractivity (Wildman–Crippen MR) is 72.9 cm³/mol. The number of thiophene rings is 1. The van der Waals surface area contributed by atoms with E-state index >= 15 is 0 Å². The van der Waals surface area contributed by atoms with E-state index in [1.54, 1.807) is 17.5 Å². The molecule has 2 heterocycles. The number of ether oxygens (including phenoxy) is 2. The molecule has 7 heteroatoms. The highest BCUT2D eigenvalue weighted by Gasteiger charge is 2.24. The molecule has 0 saturated heterocycles. The van der Waals surface area contributed by atoms with Gasteiger partial charge in [0.25, 0.3) is 0 Å². The van der Waals surface area contributed by atoms with Crippen LogP contribution in [0, 0.1) is 0 Å². The van der Waals surface area contributed by atoms with Crippen LogP contribution < -0.4 is 9.47 Å². The summed E-state index contributed by atoms with van der Waals surface area (Å²) in [4.78, 5) is 11.5. The monoisotopic (exact) mass is 312 g/mol. The fraction of sp³-hybridized carbons (Fsp3) is 0.154. The van der Waals surface area contributed by atoms with Gasteiger partial charge in [-0.05, 0) is 29.1 Å². The highest BCUT2D eigenvalue weighted by Crippen LogP contribution is 2.42. The minimum atomic E-state index is -1.08. The molecule has 0 saturated carbocycles. The Hall–Kier alpha value is -1.76. The molecular weight excluding hydrogens is 304 g/mol. The second-order valence-electron chi connectivity index (χ2n) is 4.14. The molecule has 0 amide bonds. The molecule has 1 atom stereocenters. The minimum absolute atomic E-state index is 0.0774. The van der Waals surface area contributed by atoms with Crippen molar-refractivity contribution < 1.29 is 24.5 Å². The molecule has 1 aromatic heterocycles. The van der Waals surface area contributed by atoms with Crippen LogP contribution in [0.5, 0.6) is 11.5 Å². The third kappa shape index (κ3) is 2.11. The van der Waals surface area contributed by atoms with Crippen molar-refractivity contribution in [3.8, 4) is 11.5 Å². The van der Waals surface area contributed by atoms with Crippen LogP contribution in [-0.2, 0) is 0 Å². The summed E-state index contributed by atoms with van der Waals surface area (Å²) < 4.78 is 10.4. The number of hydrogen-bond acceptors (Lipinski definition) is 5. The van der Waals surface area contributed by atoms with Gasteiger partial charge in [-0.3, -0.25) is 0 Å². The molecule has 5 nitrogen and oxygen atoms in total. The normalized spacial score (nSPS) is 14.3. The van der Waals surface area contributed by atoms with Crippen molar-refractivity contribution in [3.05, 3.63) is 44.6 Å². The Morgan fingerprint density at radius 2 is 2.20 bits per heavy atom. The second kappa shape index (κ2) is 4.97. The SMILES string of the molecule is O=C(O)c1ccsc1C(O)c1cc(Cl)c2c(c1)OCO2. The Balaban J connectivity index is 2.03. The van der Waals surface area contributed by atoms with E-state index in [4.69, 9.17) is 26.2 Å². The first-order chi connectivity index (χ1) is 9.58. The van der Waals surface area contributed by atoms with E-state index in [0.717, 1.165) is 0 Å². The lowest BCUT2D eigenvalue weighted by atomic mass is 10.0.